The lowest BCUT2D eigenvalue weighted by Gasteiger charge is -2.20. The Labute approximate surface area is 135 Å². The zero-order valence-electron chi connectivity index (χ0n) is 12.8. The minimum Gasteiger partial charge on any atom is -0.497 e. The number of hydrogen-bond acceptors (Lipinski definition) is 2. The van der Waals surface area contributed by atoms with Crippen LogP contribution in [0.4, 0.5) is 0 Å². The van der Waals surface area contributed by atoms with Crippen molar-refractivity contribution in [1.82, 2.24) is 5.32 Å². The topological polar surface area (TPSA) is 21.3 Å². The van der Waals surface area contributed by atoms with E-state index in [4.69, 9.17) is 4.74 Å². The predicted molar refractivity (Wildman–Crippen MR) is 92.0 cm³/mol. The van der Waals surface area contributed by atoms with Crippen LogP contribution in [0.15, 0.2) is 46.9 Å². The molecule has 112 valence electrons. The summed E-state index contributed by atoms with van der Waals surface area (Å²) < 4.78 is 6.35. The van der Waals surface area contributed by atoms with Crippen molar-refractivity contribution >= 4 is 15.9 Å². The van der Waals surface area contributed by atoms with Crippen LogP contribution in [0.25, 0.3) is 0 Å². The SMILES string of the molecule is CCNC(Cc1ccc(C)cc1)c1ccc(OC)cc1Br. The third-order valence-electron chi connectivity index (χ3n) is 3.59. The number of nitrogens with one attached hydrogen (secondary N) is 1. The second-order valence-electron chi connectivity index (χ2n) is 5.19. The molecule has 1 N–H and O–H groups in total. The molecule has 0 aliphatic rings. The fraction of sp³-hybridized carbons (Fsp3) is 0.333. The molecule has 2 aromatic rings. The average molecular weight is 348 g/mol. The predicted octanol–water partition coefficient (Wildman–Crippen LogP) is 4.66. The van der Waals surface area contributed by atoms with E-state index in [9.17, 15) is 0 Å². The Bertz CT molecular complexity index is 580. The van der Waals surface area contributed by atoms with Gasteiger partial charge in [-0.1, -0.05) is 58.7 Å². The number of hydrogen-bond donors (Lipinski definition) is 1. The zero-order chi connectivity index (χ0) is 15.2. The smallest absolute Gasteiger partial charge is 0.120 e. The quantitative estimate of drug-likeness (QED) is 0.820. The lowest BCUT2D eigenvalue weighted by molar-refractivity contribution is 0.414. The van der Waals surface area contributed by atoms with Gasteiger partial charge in [0.15, 0.2) is 0 Å². The van der Waals surface area contributed by atoms with Crippen molar-refractivity contribution in [2.24, 2.45) is 0 Å². The van der Waals surface area contributed by atoms with E-state index in [-0.39, 0.29) is 6.04 Å². The molecule has 0 saturated carbocycles. The number of rotatable bonds is 6. The van der Waals surface area contributed by atoms with Crippen LogP contribution in [0.2, 0.25) is 0 Å². The summed E-state index contributed by atoms with van der Waals surface area (Å²) in [6, 6.07) is 15.2. The summed E-state index contributed by atoms with van der Waals surface area (Å²) in [5.74, 6) is 0.871. The summed E-state index contributed by atoms with van der Waals surface area (Å²) in [6.45, 7) is 5.19. The van der Waals surface area contributed by atoms with Crippen molar-refractivity contribution in [1.29, 1.82) is 0 Å². The summed E-state index contributed by atoms with van der Waals surface area (Å²) in [5.41, 5.74) is 3.90. The molecule has 0 aromatic heterocycles. The Balaban J connectivity index is 2.24. The third-order valence-corrected chi connectivity index (χ3v) is 4.28. The first-order valence-corrected chi connectivity index (χ1v) is 8.05. The Kier molecular flexibility index (Phi) is 5.83. The molecule has 0 amide bonds. The van der Waals surface area contributed by atoms with Gasteiger partial charge in [-0.25, -0.2) is 0 Å². The van der Waals surface area contributed by atoms with Crippen molar-refractivity contribution in [3.63, 3.8) is 0 Å². The number of aryl methyl sites for hydroxylation is 1. The van der Waals surface area contributed by atoms with Gasteiger partial charge in [-0.05, 0) is 43.1 Å². The van der Waals surface area contributed by atoms with Crippen LogP contribution >= 0.6 is 15.9 Å². The summed E-state index contributed by atoms with van der Waals surface area (Å²) in [7, 11) is 1.69. The number of likely N-dealkylation sites (N-methyl/N-ethyl adjacent to an activating group) is 1. The first-order valence-electron chi connectivity index (χ1n) is 7.26. The number of methoxy groups -OCH3 is 1. The molecule has 0 aliphatic heterocycles. The van der Waals surface area contributed by atoms with Gasteiger partial charge in [-0.15, -0.1) is 0 Å². The molecule has 0 spiro atoms. The minimum absolute atomic E-state index is 0.290. The Morgan fingerprint density at radius 1 is 1.14 bits per heavy atom. The molecule has 0 fully saturated rings. The maximum Gasteiger partial charge on any atom is 0.120 e. The standard InChI is InChI=1S/C18H22BrNO/c1-4-20-18(11-14-7-5-13(2)6-8-14)16-10-9-15(21-3)12-17(16)19/h5-10,12,18,20H,4,11H2,1-3H3. The monoisotopic (exact) mass is 347 g/mol. The minimum atomic E-state index is 0.290. The molecular weight excluding hydrogens is 326 g/mol. The molecule has 0 aliphatic carbocycles. The molecule has 21 heavy (non-hydrogen) atoms. The number of ether oxygens (including phenoxy) is 1. The normalized spacial score (nSPS) is 12.2. The summed E-state index contributed by atoms with van der Waals surface area (Å²) in [6.07, 6.45) is 0.971. The molecule has 1 atom stereocenters. The highest BCUT2D eigenvalue weighted by molar-refractivity contribution is 9.10. The van der Waals surface area contributed by atoms with Gasteiger partial charge in [-0.2, -0.15) is 0 Å². The zero-order valence-corrected chi connectivity index (χ0v) is 14.4. The highest BCUT2D eigenvalue weighted by atomic mass is 79.9. The van der Waals surface area contributed by atoms with E-state index in [1.807, 2.05) is 12.1 Å². The average Bonchev–Trinajstić information content (AvgIpc) is 2.49. The van der Waals surface area contributed by atoms with Crippen LogP contribution in [0.1, 0.15) is 29.7 Å². The van der Waals surface area contributed by atoms with Gasteiger partial charge in [0.25, 0.3) is 0 Å². The molecule has 2 aromatic carbocycles. The molecule has 1 unspecified atom stereocenters. The Morgan fingerprint density at radius 3 is 2.43 bits per heavy atom. The second kappa shape index (κ2) is 7.62. The lowest BCUT2D eigenvalue weighted by Crippen LogP contribution is -2.23. The molecule has 0 bridgehead atoms. The van der Waals surface area contributed by atoms with Crippen molar-refractivity contribution in [2.75, 3.05) is 13.7 Å². The van der Waals surface area contributed by atoms with E-state index in [0.717, 1.165) is 23.2 Å². The van der Waals surface area contributed by atoms with Crippen molar-refractivity contribution in [2.45, 2.75) is 26.3 Å². The van der Waals surface area contributed by atoms with Gasteiger partial charge in [0.05, 0.1) is 7.11 Å². The van der Waals surface area contributed by atoms with E-state index in [2.05, 4.69) is 65.4 Å². The van der Waals surface area contributed by atoms with E-state index in [0.29, 0.717) is 0 Å². The van der Waals surface area contributed by atoms with Gasteiger partial charge in [0.1, 0.15) is 5.75 Å². The Morgan fingerprint density at radius 2 is 1.86 bits per heavy atom. The van der Waals surface area contributed by atoms with E-state index < -0.39 is 0 Å². The van der Waals surface area contributed by atoms with Gasteiger partial charge < -0.3 is 10.1 Å². The fourth-order valence-corrected chi connectivity index (χ4v) is 3.05. The van der Waals surface area contributed by atoms with Crippen molar-refractivity contribution in [3.8, 4) is 5.75 Å². The Hall–Kier alpha value is -1.32. The summed E-state index contributed by atoms with van der Waals surface area (Å²) >= 11 is 3.66. The van der Waals surface area contributed by atoms with Crippen LogP contribution in [0.5, 0.6) is 5.75 Å². The van der Waals surface area contributed by atoms with Crippen molar-refractivity contribution < 1.29 is 4.74 Å². The lowest BCUT2D eigenvalue weighted by atomic mass is 9.98. The molecule has 0 radical (unpaired) electrons. The largest absolute Gasteiger partial charge is 0.497 e. The maximum absolute atomic E-state index is 5.27. The molecule has 0 heterocycles. The maximum atomic E-state index is 5.27. The molecule has 2 nitrogen and oxygen atoms in total. The first-order chi connectivity index (χ1) is 10.1. The number of halogens is 1. The van der Waals surface area contributed by atoms with Crippen LogP contribution in [0.3, 0.4) is 0 Å². The van der Waals surface area contributed by atoms with Crippen LogP contribution < -0.4 is 10.1 Å². The second-order valence-corrected chi connectivity index (χ2v) is 6.04. The van der Waals surface area contributed by atoms with Crippen LogP contribution in [-0.4, -0.2) is 13.7 Å². The van der Waals surface area contributed by atoms with Crippen molar-refractivity contribution in [3.05, 3.63) is 63.6 Å². The molecular formula is C18H22BrNO. The fourth-order valence-electron chi connectivity index (χ4n) is 2.42. The molecule has 2 rings (SSSR count). The first kappa shape index (κ1) is 16.1. The van der Waals surface area contributed by atoms with Gasteiger partial charge >= 0.3 is 0 Å². The molecule has 0 saturated heterocycles. The summed E-state index contributed by atoms with van der Waals surface area (Å²) in [5, 5.41) is 3.57. The van der Waals surface area contributed by atoms with E-state index >= 15 is 0 Å². The highest BCUT2D eigenvalue weighted by Gasteiger charge is 2.14. The number of benzene rings is 2. The third kappa shape index (κ3) is 4.32. The van der Waals surface area contributed by atoms with Gasteiger partial charge in [-0.3, -0.25) is 0 Å². The van der Waals surface area contributed by atoms with Crippen LogP contribution in [0, 0.1) is 6.92 Å². The summed E-state index contributed by atoms with van der Waals surface area (Å²) in [4.78, 5) is 0. The molecule has 3 heteroatoms. The van der Waals surface area contributed by atoms with Gasteiger partial charge in [0, 0.05) is 10.5 Å². The highest BCUT2D eigenvalue weighted by Crippen LogP contribution is 2.29. The van der Waals surface area contributed by atoms with Crippen LogP contribution in [-0.2, 0) is 6.42 Å². The van der Waals surface area contributed by atoms with Gasteiger partial charge in [0.2, 0.25) is 0 Å². The van der Waals surface area contributed by atoms with E-state index in [1.165, 1.54) is 16.7 Å². The van der Waals surface area contributed by atoms with E-state index in [1.54, 1.807) is 7.11 Å².